The molecular formula is C4H10BNO2. The van der Waals surface area contributed by atoms with Crippen LogP contribution in [0.15, 0.2) is 0 Å². The molecular weight excluding hydrogens is 105 g/mol. The smallest absolute Gasteiger partial charge is 0.376 e. The van der Waals surface area contributed by atoms with Gasteiger partial charge in [0.05, 0.1) is 0 Å². The van der Waals surface area contributed by atoms with E-state index in [0.29, 0.717) is 0 Å². The van der Waals surface area contributed by atoms with Crippen LogP contribution in [0.25, 0.3) is 0 Å². The third-order valence-electron chi connectivity index (χ3n) is 1.00. The fourth-order valence-electron chi connectivity index (χ4n) is 0.270. The highest BCUT2D eigenvalue weighted by atomic mass is 16.2. The Balaban J connectivity index is 3.30. The molecule has 0 aliphatic rings. The highest BCUT2D eigenvalue weighted by Crippen LogP contribution is 1.80. The van der Waals surface area contributed by atoms with Gasteiger partial charge in [-0.15, -0.1) is 0 Å². The number of hydrogen-bond donors (Lipinski definition) is 1. The lowest BCUT2D eigenvalue weighted by atomic mass is 9.86. The number of carbonyl (C=O) groups excluding carboxylic acids is 1. The van der Waals surface area contributed by atoms with Crippen molar-refractivity contribution in [3.63, 3.8) is 0 Å². The Kier molecular flexibility index (Phi) is 3.48. The topological polar surface area (TPSA) is 40.5 Å². The van der Waals surface area contributed by atoms with Gasteiger partial charge in [-0.3, -0.25) is 0 Å². The molecule has 0 bridgehead atoms. The van der Waals surface area contributed by atoms with E-state index in [1.807, 2.05) is 0 Å². The molecule has 3 nitrogen and oxygen atoms in total. The fraction of sp³-hybridized carbons (Fsp3) is 0.750. The molecule has 0 aromatic heterocycles. The molecule has 46 valence electrons. The normalized spacial score (nSPS) is 9.50. The number of carbonyl (C=O) groups is 1. The third kappa shape index (κ3) is 2.77. The highest BCUT2D eigenvalue weighted by molar-refractivity contribution is 6.45. The summed E-state index contributed by atoms with van der Waals surface area (Å²) in [5, 5.41) is 8.72. The van der Waals surface area contributed by atoms with E-state index in [1.54, 1.807) is 13.9 Å². The maximum absolute atomic E-state index is 9.77. The number of hydrogen-bond acceptors (Lipinski definition) is 3. The van der Waals surface area contributed by atoms with Crippen molar-refractivity contribution in [2.45, 2.75) is 6.82 Å². The zero-order valence-corrected chi connectivity index (χ0v) is 5.16. The number of rotatable bonds is 3. The lowest BCUT2D eigenvalue weighted by molar-refractivity contribution is -0.108. The number of aldehydes is 1. The van der Waals surface area contributed by atoms with Crippen LogP contribution in [0.5, 0.6) is 0 Å². The van der Waals surface area contributed by atoms with Crippen molar-refractivity contribution in [2.24, 2.45) is 0 Å². The van der Waals surface area contributed by atoms with Crippen LogP contribution >= 0.6 is 0 Å². The minimum Gasteiger partial charge on any atom is -0.437 e. The molecule has 0 atom stereocenters. The Bertz CT molecular complexity index is 76.4. The summed E-state index contributed by atoms with van der Waals surface area (Å²) in [7, 11) is 1.15. The quantitative estimate of drug-likeness (QED) is 0.387. The molecule has 0 aliphatic heterocycles. The van der Waals surface area contributed by atoms with Gasteiger partial charge in [-0.2, -0.15) is 0 Å². The Morgan fingerprint density at radius 1 is 1.88 bits per heavy atom. The molecule has 0 amide bonds. The van der Waals surface area contributed by atoms with Crippen LogP contribution < -0.4 is 0 Å². The van der Waals surface area contributed by atoms with Crippen LogP contribution in [-0.2, 0) is 4.79 Å². The van der Waals surface area contributed by atoms with Gasteiger partial charge < -0.3 is 14.6 Å². The van der Waals surface area contributed by atoms with E-state index in [-0.39, 0.29) is 6.54 Å². The van der Waals surface area contributed by atoms with Gasteiger partial charge in [-0.1, -0.05) is 0 Å². The van der Waals surface area contributed by atoms with E-state index in [1.165, 1.54) is 4.81 Å². The predicted molar refractivity (Wildman–Crippen MR) is 32.5 cm³/mol. The molecule has 0 aromatic rings. The van der Waals surface area contributed by atoms with Crippen molar-refractivity contribution < 1.29 is 9.82 Å². The minimum atomic E-state index is -0.528. The van der Waals surface area contributed by atoms with Gasteiger partial charge in [0.2, 0.25) is 0 Å². The van der Waals surface area contributed by atoms with E-state index in [2.05, 4.69) is 0 Å². The van der Waals surface area contributed by atoms with Gasteiger partial charge in [0.15, 0.2) is 0 Å². The molecule has 0 aliphatic carbocycles. The first-order chi connectivity index (χ1) is 3.68. The van der Waals surface area contributed by atoms with Crippen molar-refractivity contribution in [2.75, 3.05) is 13.6 Å². The SMILES string of the molecule is CB(O)N(C)CC=O. The molecule has 0 heterocycles. The van der Waals surface area contributed by atoms with Crippen LogP contribution in [0, 0.1) is 0 Å². The monoisotopic (exact) mass is 115 g/mol. The van der Waals surface area contributed by atoms with Crippen LogP contribution in [0.2, 0.25) is 6.82 Å². The first-order valence-electron chi connectivity index (χ1n) is 2.50. The summed E-state index contributed by atoms with van der Waals surface area (Å²) in [4.78, 5) is 11.3. The predicted octanol–water partition coefficient (Wildman–Crippen LogP) is -0.773. The second-order valence-corrected chi connectivity index (χ2v) is 1.74. The molecule has 8 heavy (non-hydrogen) atoms. The first kappa shape index (κ1) is 7.65. The fourth-order valence-corrected chi connectivity index (χ4v) is 0.270. The van der Waals surface area contributed by atoms with Gasteiger partial charge in [0.1, 0.15) is 6.29 Å². The van der Waals surface area contributed by atoms with E-state index in [9.17, 15) is 4.79 Å². The van der Waals surface area contributed by atoms with E-state index < -0.39 is 7.05 Å². The van der Waals surface area contributed by atoms with Crippen LogP contribution in [0.1, 0.15) is 0 Å². The molecule has 0 aromatic carbocycles. The summed E-state index contributed by atoms with van der Waals surface area (Å²) in [6, 6.07) is 0. The van der Waals surface area contributed by atoms with Gasteiger partial charge in [-0.05, 0) is 13.9 Å². The molecule has 0 saturated heterocycles. The van der Waals surface area contributed by atoms with Crippen molar-refractivity contribution in [3.8, 4) is 0 Å². The standard InChI is InChI=1S/C4H10BNO2/c1-5(8)6(2)3-4-7/h4,8H,3H2,1-2H3. The lowest BCUT2D eigenvalue weighted by Gasteiger charge is -2.11. The summed E-state index contributed by atoms with van der Waals surface area (Å²) in [5.41, 5.74) is 0. The summed E-state index contributed by atoms with van der Waals surface area (Å²) in [5.74, 6) is 0. The Morgan fingerprint density at radius 2 is 2.38 bits per heavy atom. The molecule has 0 spiro atoms. The Morgan fingerprint density at radius 3 is 2.50 bits per heavy atom. The van der Waals surface area contributed by atoms with Gasteiger partial charge in [-0.25, -0.2) is 0 Å². The molecule has 4 heteroatoms. The van der Waals surface area contributed by atoms with E-state index in [4.69, 9.17) is 5.02 Å². The van der Waals surface area contributed by atoms with Gasteiger partial charge in [0.25, 0.3) is 0 Å². The molecule has 0 radical (unpaired) electrons. The average molecular weight is 115 g/mol. The highest BCUT2D eigenvalue weighted by Gasteiger charge is 2.07. The molecule has 0 fully saturated rings. The zero-order chi connectivity index (χ0) is 6.57. The molecule has 0 rings (SSSR count). The third-order valence-corrected chi connectivity index (χ3v) is 1.00. The van der Waals surface area contributed by atoms with Crippen molar-refractivity contribution in [3.05, 3.63) is 0 Å². The second-order valence-electron chi connectivity index (χ2n) is 1.74. The second kappa shape index (κ2) is 3.63. The van der Waals surface area contributed by atoms with Crippen molar-refractivity contribution in [1.82, 2.24) is 4.81 Å². The molecule has 1 N–H and O–H groups in total. The van der Waals surface area contributed by atoms with Crippen molar-refractivity contribution >= 4 is 13.3 Å². The minimum absolute atomic E-state index is 0.289. The van der Waals surface area contributed by atoms with Crippen LogP contribution in [0.4, 0.5) is 0 Å². The van der Waals surface area contributed by atoms with E-state index in [0.717, 1.165) is 6.29 Å². The average Bonchev–Trinajstić information content (AvgIpc) is 1.67. The Labute approximate surface area is 49.4 Å². The van der Waals surface area contributed by atoms with Gasteiger partial charge in [0, 0.05) is 6.54 Å². The number of likely N-dealkylation sites (N-methyl/N-ethyl adjacent to an activating group) is 1. The van der Waals surface area contributed by atoms with Crippen LogP contribution in [-0.4, -0.2) is 36.8 Å². The van der Waals surface area contributed by atoms with Gasteiger partial charge >= 0.3 is 7.05 Å². The maximum Gasteiger partial charge on any atom is 0.376 e. The number of nitrogens with zero attached hydrogens (tertiary/aromatic N) is 1. The molecule has 0 unspecified atom stereocenters. The summed E-state index contributed by atoms with van der Waals surface area (Å²) in [6.07, 6.45) is 0.757. The summed E-state index contributed by atoms with van der Waals surface area (Å²) >= 11 is 0. The maximum atomic E-state index is 9.77. The summed E-state index contributed by atoms with van der Waals surface area (Å²) in [6.45, 7) is 1.90. The Hall–Kier alpha value is -0.345. The first-order valence-corrected chi connectivity index (χ1v) is 2.50. The summed E-state index contributed by atoms with van der Waals surface area (Å²) < 4.78 is 0. The van der Waals surface area contributed by atoms with Crippen LogP contribution in [0.3, 0.4) is 0 Å². The van der Waals surface area contributed by atoms with E-state index >= 15 is 0 Å². The lowest BCUT2D eigenvalue weighted by Crippen LogP contribution is -2.34. The van der Waals surface area contributed by atoms with Crippen molar-refractivity contribution in [1.29, 1.82) is 0 Å². The zero-order valence-electron chi connectivity index (χ0n) is 5.16. The largest absolute Gasteiger partial charge is 0.437 e. The molecule has 0 saturated carbocycles.